The number of carboxylic acid groups (broad SMARTS) is 1. The van der Waals surface area contributed by atoms with E-state index in [2.05, 4.69) is 77.3 Å². The van der Waals surface area contributed by atoms with Crippen LogP contribution in [0.2, 0.25) is 0 Å². The molecule has 0 aliphatic carbocycles. The fourth-order valence-corrected chi connectivity index (χ4v) is 5.43. The minimum atomic E-state index is -0.990. The minimum absolute atomic E-state index is 0. The summed E-state index contributed by atoms with van der Waals surface area (Å²) in [5, 5.41) is 25.4. The number of hydrogen-bond acceptors (Lipinski definition) is 12. The molecule has 8 rings (SSSR count). The molecule has 4 aromatic heterocycles. The van der Waals surface area contributed by atoms with Crippen LogP contribution in [-0.2, 0) is 19.6 Å². The minimum Gasteiger partial charge on any atom is -0.477 e. The number of aromatic carboxylic acids is 1. The van der Waals surface area contributed by atoms with Gasteiger partial charge >= 0.3 is 5.97 Å². The van der Waals surface area contributed by atoms with Gasteiger partial charge in [-0.1, -0.05) is 108 Å². The summed E-state index contributed by atoms with van der Waals surface area (Å²) in [4.78, 5) is 47.5. The Morgan fingerprint density at radius 3 is 1.57 bits per heavy atom. The zero-order valence-electron chi connectivity index (χ0n) is 39.6. The standard InChI is InChI=1S/C22H19N5O2.C13H11N3O.C9H8N2O.C6H5NO2.C3H5N.C2H4.CH4/c28-22(21-11-4-5-12-23-21)24-14-18-16-27(26-25-18)15-17-7-6-10-20(13-17)29-19-8-2-1-3-9-19;14-16-15-10-11-5-4-8-13(9-11)17-12-6-2-1-3-7-12;1-2-6-11-9(12)8-5-3-4-7-10-8;8-6(9)5-3-1-2-4-7-5;1-2-3-4;1-2;/h1-13,16H,14-15H2,(H,24,28);1-9H,10H2;1,3-5,7H,6H2,(H,11,12);1-4H,(H,8,9);1H,3-4H2;1-2H2;1H4. The first kappa shape index (κ1) is 59.7. The number of pyridine rings is 3. The Morgan fingerprint density at radius 1 is 0.662 bits per heavy atom. The summed E-state index contributed by atoms with van der Waals surface area (Å²) in [5.74, 6) is 6.11. The normalized spacial score (nSPS) is 9.07. The molecule has 18 heteroatoms. The van der Waals surface area contributed by atoms with Crippen LogP contribution in [-0.4, -0.2) is 65.9 Å². The maximum atomic E-state index is 12.1. The monoisotopic (exact) mass is 992 g/mol. The average Bonchev–Trinajstić information content (AvgIpc) is 3.90. The number of carboxylic acids is 1. The molecule has 0 saturated heterocycles. The number of hydrogen-bond donors (Lipinski definition) is 4. The number of nitrogens with one attached hydrogen (secondary N) is 2. The Kier molecular flexibility index (Phi) is 29.5. The van der Waals surface area contributed by atoms with Crippen LogP contribution in [0, 0.1) is 24.7 Å². The van der Waals surface area contributed by atoms with Crippen LogP contribution >= 0.6 is 0 Å². The van der Waals surface area contributed by atoms with Gasteiger partial charge in [0.05, 0.1) is 38.9 Å². The highest BCUT2D eigenvalue weighted by molar-refractivity contribution is 5.92. The molecule has 4 heterocycles. The van der Waals surface area contributed by atoms with Gasteiger partial charge in [-0.3, -0.25) is 19.6 Å². The maximum Gasteiger partial charge on any atom is 0.354 e. The Hall–Kier alpha value is -10.4. The first-order valence-corrected chi connectivity index (χ1v) is 21.8. The number of benzene rings is 4. The molecule has 74 heavy (non-hydrogen) atoms. The van der Waals surface area contributed by atoms with E-state index in [9.17, 15) is 14.4 Å². The number of nitrogens with zero attached hydrogens (tertiary/aromatic N) is 9. The highest BCUT2D eigenvalue weighted by atomic mass is 16.5. The Bertz CT molecular complexity index is 2980. The lowest BCUT2D eigenvalue weighted by atomic mass is 10.2. The number of amides is 2. The molecule has 0 radical (unpaired) electrons. The van der Waals surface area contributed by atoms with Crippen LogP contribution in [0.1, 0.15) is 55.7 Å². The average molecular weight is 993 g/mol. The zero-order chi connectivity index (χ0) is 52.7. The fourth-order valence-electron chi connectivity index (χ4n) is 5.43. The van der Waals surface area contributed by atoms with Crippen molar-refractivity contribution in [3.63, 3.8) is 0 Å². The molecule has 0 atom stereocenters. The lowest BCUT2D eigenvalue weighted by Crippen LogP contribution is -2.24. The number of rotatable bonds is 14. The van der Waals surface area contributed by atoms with Crippen molar-refractivity contribution < 1.29 is 29.0 Å². The van der Waals surface area contributed by atoms with E-state index in [0.29, 0.717) is 36.7 Å². The molecular weight excluding hydrogens is 937 g/mol. The van der Waals surface area contributed by atoms with Crippen LogP contribution in [0.15, 0.2) is 207 Å². The third kappa shape index (κ3) is 24.2. The van der Waals surface area contributed by atoms with E-state index >= 15 is 0 Å². The Balaban J connectivity index is 0.000000354. The lowest BCUT2D eigenvalue weighted by Gasteiger charge is -2.07. The summed E-state index contributed by atoms with van der Waals surface area (Å²) in [6, 6.07) is 49.6. The number of azide groups is 1. The first-order chi connectivity index (χ1) is 35.7. The fraction of sp³-hybridized carbons (Fsp3) is 0.107. The summed E-state index contributed by atoms with van der Waals surface area (Å²) < 4.78 is 13.3. The predicted molar refractivity (Wildman–Crippen MR) is 286 cm³/mol. The van der Waals surface area contributed by atoms with Crippen LogP contribution in [0.3, 0.4) is 0 Å². The molecule has 0 aliphatic rings. The quantitative estimate of drug-likeness (QED) is 0.0261. The van der Waals surface area contributed by atoms with Crippen molar-refractivity contribution in [2.24, 2.45) is 10.8 Å². The van der Waals surface area contributed by atoms with Gasteiger partial charge in [0.2, 0.25) is 0 Å². The van der Waals surface area contributed by atoms with Crippen molar-refractivity contribution >= 4 is 17.8 Å². The molecule has 0 spiro atoms. The number of terminal acetylenes is 2. The first-order valence-electron chi connectivity index (χ1n) is 21.8. The molecule has 0 bridgehead atoms. The van der Waals surface area contributed by atoms with Gasteiger partial charge in [0, 0.05) is 23.5 Å². The summed E-state index contributed by atoms with van der Waals surface area (Å²) >= 11 is 0. The number of para-hydroxylation sites is 2. The number of carbonyl (C=O) groups is 3. The van der Waals surface area contributed by atoms with E-state index in [0.717, 1.165) is 34.1 Å². The van der Waals surface area contributed by atoms with Crippen LogP contribution in [0.25, 0.3) is 10.4 Å². The van der Waals surface area contributed by atoms with E-state index in [4.69, 9.17) is 32.3 Å². The van der Waals surface area contributed by atoms with Crippen molar-refractivity contribution in [3.8, 4) is 47.7 Å². The van der Waals surface area contributed by atoms with Crippen molar-refractivity contribution in [1.82, 2.24) is 40.6 Å². The van der Waals surface area contributed by atoms with Crippen LogP contribution in [0.5, 0.6) is 23.0 Å². The molecule has 8 aromatic rings. The highest BCUT2D eigenvalue weighted by Crippen LogP contribution is 2.23. The largest absolute Gasteiger partial charge is 0.477 e. The molecule has 0 saturated carbocycles. The molecule has 5 N–H and O–H groups in total. The second-order valence-electron chi connectivity index (χ2n) is 13.8. The van der Waals surface area contributed by atoms with Crippen molar-refractivity contribution in [2.45, 2.75) is 27.1 Å². The lowest BCUT2D eigenvalue weighted by molar-refractivity contribution is 0.0689. The Morgan fingerprint density at radius 2 is 1.12 bits per heavy atom. The molecule has 4 aromatic carbocycles. The number of aromatic nitrogens is 6. The molecule has 0 aliphatic heterocycles. The van der Waals surface area contributed by atoms with Crippen molar-refractivity contribution in [3.05, 3.63) is 246 Å². The van der Waals surface area contributed by atoms with Gasteiger partial charge in [0.1, 0.15) is 45.8 Å². The number of nitrogens with two attached hydrogens (primary N) is 1. The SMILES string of the molecule is C.C#CCN.C#CCNC(=O)c1ccccn1.C=C.O=C(NCc1cn(Cc2cccc(Oc3ccccc3)c2)nn1)c1ccccn1.O=C(O)c1ccccn1.[N-]=[N+]=NCc1cccc(Oc2ccccc2)c1. The molecule has 0 unspecified atom stereocenters. The van der Waals surface area contributed by atoms with Crippen LogP contribution < -0.4 is 25.8 Å². The summed E-state index contributed by atoms with van der Waals surface area (Å²) in [6.07, 6.45) is 16.0. The van der Waals surface area contributed by atoms with Gasteiger partial charge < -0.3 is 30.9 Å². The van der Waals surface area contributed by atoms with Gasteiger partial charge in [0.15, 0.2) is 0 Å². The van der Waals surface area contributed by atoms with Crippen LogP contribution in [0.4, 0.5) is 0 Å². The van der Waals surface area contributed by atoms with E-state index < -0.39 is 5.97 Å². The van der Waals surface area contributed by atoms with E-state index in [1.165, 1.54) is 12.3 Å². The number of ether oxygens (including phenoxy) is 2. The third-order valence-electron chi connectivity index (χ3n) is 8.58. The number of carbonyl (C=O) groups excluding carboxylic acids is 2. The summed E-state index contributed by atoms with van der Waals surface area (Å²) in [6.45, 7) is 7.75. The summed E-state index contributed by atoms with van der Waals surface area (Å²) in [5.41, 5.74) is 16.5. The second kappa shape index (κ2) is 36.6. The van der Waals surface area contributed by atoms with Gasteiger partial charge in [-0.15, -0.1) is 31.1 Å². The zero-order valence-corrected chi connectivity index (χ0v) is 39.6. The Labute approximate surface area is 430 Å². The van der Waals surface area contributed by atoms with Crippen molar-refractivity contribution in [1.29, 1.82) is 0 Å². The maximum absolute atomic E-state index is 12.1. The van der Waals surface area contributed by atoms with Gasteiger partial charge in [-0.2, -0.15) is 0 Å². The van der Waals surface area contributed by atoms with E-state index in [1.807, 2.05) is 115 Å². The van der Waals surface area contributed by atoms with E-state index in [-0.39, 0.29) is 38.0 Å². The molecule has 2 amide bonds. The second-order valence-corrected chi connectivity index (χ2v) is 13.8. The van der Waals surface area contributed by atoms with Gasteiger partial charge in [0.25, 0.3) is 11.8 Å². The smallest absolute Gasteiger partial charge is 0.354 e. The molecular formula is C56H56N12O6. The molecule has 18 nitrogen and oxygen atoms in total. The topological polar surface area (TPSA) is 258 Å². The third-order valence-corrected chi connectivity index (χ3v) is 8.58. The van der Waals surface area contributed by atoms with Gasteiger partial charge in [-0.05, 0) is 102 Å². The summed E-state index contributed by atoms with van der Waals surface area (Å²) in [7, 11) is 0. The molecule has 376 valence electrons. The predicted octanol–water partition coefficient (Wildman–Crippen LogP) is 9.97. The molecule has 0 fully saturated rings. The van der Waals surface area contributed by atoms with E-state index in [1.54, 1.807) is 65.6 Å². The van der Waals surface area contributed by atoms with Gasteiger partial charge in [-0.25, -0.2) is 14.5 Å². The van der Waals surface area contributed by atoms with Crippen molar-refractivity contribution in [2.75, 3.05) is 13.1 Å². The highest BCUT2D eigenvalue weighted by Gasteiger charge is 2.09.